The molecule has 2 heterocycles. The predicted octanol–water partition coefficient (Wildman–Crippen LogP) is 5.61. The molecule has 6 heteroatoms. The Labute approximate surface area is 239 Å². The van der Waals surface area contributed by atoms with Crippen molar-refractivity contribution in [3.05, 3.63) is 132 Å². The Morgan fingerprint density at radius 1 is 0.800 bits per heavy atom. The van der Waals surface area contributed by atoms with Crippen LogP contribution in [0.3, 0.4) is 0 Å². The average Bonchev–Trinajstić information content (AvgIpc) is 3.27. The first-order chi connectivity index (χ1) is 19.4. The van der Waals surface area contributed by atoms with E-state index >= 15 is 0 Å². The third kappa shape index (κ3) is 4.95. The number of fused-ring (bicyclic) bond motifs is 1. The van der Waals surface area contributed by atoms with Gasteiger partial charge in [-0.25, -0.2) is 4.99 Å². The summed E-state index contributed by atoms with van der Waals surface area (Å²) in [6, 6.07) is 27.2. The van der Waals surface area contributed by atoms with Gasteiger partial charge in [-0.3, -0.25) is 9.36 Å². The van der Waals surface area contributed by atoms with Gasteiger partial charge in [0.15, 0.2) is 4.80 Å². The molecule has 0 saturated heterocycles. The monoisotopic (exact) mass is 546 g/mol. The van der Waals surface area contributed by atoms with E-state index < -0.39 is 0 Å². The van der Waals surface area contributed by atoms with Crippen LogP contribution in [0.25, 0.3) is 12.2 Å². The second kappa shape index (κ2) is 10.8. The molecular weight excluding hydrogens is 512 g/mol. The van der Waals surface area contributed by atoms with Gasteiger partial charge in [-0.1, -0.05) is 65.9 Å². The molecule has 1 unspecified atom stereocenters. The highest BCUT2D eigenvalue weighted by molar-refractivity contribution is 7.07. The Bertz CT molecular complexity index is 1770. The highest BCUT2D eigenvalue weighted by atomic mass is 32.1. The van der Waals surface area contributed by atoms with Crippen LogP contribution in [0.5, 0.6) is 0 Å². The average molecular weight is 547 g/mol. The van der Waals surface area contributed by atoms with Gasteiger partial charge < -0.3 is 9.80 Å². The molecule has 0 fully saturated rings. The van der Waals surface area contributed by atoms with Crippen LogP contribution in [0.2, 0.25) is 0 Å². The minimum Gasteiger partial charge on any atom is -0.378 e. The van der Waals surface area contributed by atoms with Crippen molar-refractivity contribution >= 4 is 34.9 Å². The van der Waals surface area contributed by atoms with E-state index in [4.69, 9.17) is 4.99 Å². The first-order valence-corrected chi connectivity index (χ1v) is 14.6. The smallest absolute Gasteiger partial charge is 0.271 e. The van der Waals surface area contributed by atoms with Gasteiger partial charge in [0.05, 0.1) is 16.3 Å². The van der Waals surface area contributed by atoms with Gasteiger partial charge in [0.1, 0.15) is 0 Å². The van der Waals surface area contributed by atoms with Crippen LogP contribution in [0.4, 0.5) is 11.4 Å². The molecule has 6 rings (SSSR count). The molecule has 1 aliphatic carbocycles. The fraction of sp³-hybridized carbons (Fsp3) is 0.235. The van der Waals surface area contributed by atoms with Crippen molar-refractivity contribution in [1.82, 2.24) is 4.57 Å². The molecule has 2 aliphatic rings. The van der Waals surface area contributed by atoms with Crippen LogP contribution in [0.15, 0.2) is 105 Å². The summed E-state index contributed by atoms with van der Waals surface area (Å²) in [4.78, 5) is 24.1. The van der Waals surface area contributed by atoms with E-state index in [0.29, 0.717) is 4.53 Å². The Morgan fingerprint density at radius 3 is 2.08 bits per heavy atom. The third-order valence-corrected chi connectivity index (χ3v) is 8.69. The summed E-state index contributed by atoms with van der Waals surface area (Å²) in [5.41, 5.74) is 9.19. The summed E-state index contributed by atoms with van der Waals surface area (Å²) in [6.45, 7) is 0. The molecule has 1 atom stereocenters. The van der Waals surface area contributed by atoms with E-state index in [1.54, 1.807) is 0 Å². The summed E-state index contributed by atoms with van der Waals surface area (Å²) >= 11 is 1.49. The second-order valence-electron chi connectivity index (χ2n) is 10.9. The number of rotatable bonds is 5. The summed E-state index contributed by atoms with van der Waals surface area (Å²) in [5, 5.41) is 0. The van der Waals surface area contributed by atoms with E-state index in [-0.39, 0.29) is 11.6 Å². The van der Waals surface area contributed by atoms with E-state index in [1.165, 1.54) is 33.7 Å². The van der Waals surface area contributed by atoms with Crippen LogP contribution < -0.4 is 24.7 Å². The van der Waals surface area contributed by atoms with Gasteiger partial charge in [0.25, 0.3) is 5.56 Å². The van der Waals surface area contributed by atoms with Gasteiger partial charge >= 0.3 is 0 Å². The molecule has 0 N–H and O–H groups in total. The molecule has 1 aromatic heterocycles. The lowest BCUT2D eigenvalue weighted by atomic mass is 9.83. The third-order valence-electron chi connectivity index (χ3n) is 7.71. The van der Waals surface area contributed by atoms with Crippen molar-refractivity contribution in [2.24, 2.45) is 4.99 Å². The standard InChI is InChI=1S/C34H34N4OS/c1-36(2)27-17-13-24(14-18-27)21-26-11-8-12-29-31(26)35-34-38(32(29)25-15-19-28(20-16-25)37(3)4)33(39)30(40-34)22-23-9-6-5-7-10-23/h5-7,9-10,13-22,32H,8,11-12H2,1-4H3/b26-21-,30-22+. The number of hydrogen-bond acceptors (Lipinski definition) is 5. The maximum atomic E-state index is 13.9. The van der Waals surface area contributed by atoms with Crippen molar-refractivity contribution in [2.45, 2.75) is 25.3 Å². The van der Waals surface area contributed by atoms with Crippen LogP contribution in [0, 0.1) is 0 Å². The maximum Gasteiger partial charge on any atom is 0.271 e. The topological polar surface area (TPSA) is 40.8 Å². The molecule has 40 heavy (non-hydrogen) atoms. The highest BCUT2D eigenvalue weighted by Crippen LogP contribution is 2.41. The Hall–Kier alpha value is -4.16. The van der Waals surface area contributed by atoms with Gasteiger partial charge in [0, 0.05) is 39.6 Å². The molecule has 0 bridgehead atoms. The Kier molecular flexibility index (Phi) is 7.03. The lowest BCUT2D eigenvalue weighted by Gasteiger charge is -2.31. The fourth-order valence-electron chi connectivity index (χ4n) is 5.58. The van der Waals surface area contributed by atoms with Gasteiger partial charge in [-0.15, -0.1) is 0 Å². The van der Waals surface area contributed by atoms with Crippen LogP contribution in [-0.4, -0.2) is 32.8 Å². The normalized spacial score (nSPS) is 17.9. The van der Waals surface area contributed by atoms with Crippen molar-refractivity contribution in [3.8, 4) is 0 Å². The van der Waals surface area contributed by atoms with Crippen molar-refractivity contribution in [3.63, 3.8) is 0 Å². The number of aromatic nitrogens is 1. The zero-order valence-corrected chi connectivity index (χ0v) is 24.3. The first-order valence-electron chi connectivity index (χ1n) is 13.7. The summed E-state index contributed by atoms with van der Waals surface area (Å²) in [6.07, 6.45) is 7.21. The minimum absolute atomic E-state index is 0.0243. The molecule has 0 spiro atoms. The van der Waals surface area contributed by atoms with Gasteiger partial charge in [0.2, 0.25) is 0 Å². The van der Waals surface area contributed by atoms with E-state index in [0.717, 1.165) is 46.6 Å². The minimum atomic E-state index is -0.166. The second-order valence-corrected chi connectivity index (χ2v) is 11.9. The van der Waals surface area contributed by atoms with E-state index in [9.17, 15) is 4.79 Å². The molecule has 202 valence electrons. The number of anilines is 2. The SMILES string of the molecule is CN(C)c1ccc(/C=C2/CCCC3=C2N=c2s/c(=C/c4ccccc4)c(=O)n2C3c2ccc(N(C)C)cc2)cc1. The zero-order valence-electron chi connectivity index (χ0n) is 23.5. The van der Waals surface area contributed by atoms with E-state index in [1.807, 2.05) is 55.1 Å². The quantitative estimate of drug-likeness (QED) is 0.327. The Morgan fingerprint density at radius 2 is 1.43 bits per heavy atom. The molecule has 0 amide bonds. The lowest BCUT2D eigenvalue weighted by molar-refractivity contribution is 0.553. The van der Waals surface area contributed by atoms with Crippen molar-refractivity contribution in [1.29, 1.82) is 0 Å². The Balaban J connectivity index is 1.53. The molecule has 4 aromatic rings. The molecular formula is C34H34N4OS. The number of benzene rings is 3. The molecule has 0 radical (unpaired) electrons. The molecule has 1 aliphatic heterocycles. The first kappa shape index (κ1) is 26.1. The molecule has 0 saturated carbocycles. The van der Waals surface area contributed by atoms with Crippen LogP contribution >= 0.6 is 11.3 Å². The van der Waals surface area contributed by atoms with Crippen molar-refractivity contribution < 1.29 is 0 Å². The van der Waals surface area contributed by atoms with Gasteiger partial charge in [-0.05, 0) is 83.5 Å². The molecule has 3 aromatic carbocycles. The fourth-order valence-corrected chi connectivity index (χ4v) is 6.58. The predicted molar refractivity (Wildman–Crippen MR) is 168 cm³/mol. The largest absolute Gasteiger partial charge is 0.378 e. The summed E-state index contributed by atoms with van der Waals surface area (Å²) < 4.78 is 2.64. The number of thiazole rings is 1. The maximum absolute atomic E-state index is 13.9. The summed E-state index contributed by atoms with van der Waals surface area (Å²) in [7, 11) is 8.21. The molecule has 5 nitrogen and oxygen atoms in total. The van der Waals surface area contributed by atoms with Crippen LogP contribution in [0.1, 0.15) is 42.0 Å². The lowest BCUT2D eigenvalue weighted by Crippen LogP contribution is -2.39. The number of hydrogen-bond donors (Lipinski definition) is 0. The van der Waals surface area contributed by atoms with Gasteiger partial charge in [-0.2, -0.15) is 0 Å². The zero-order chi connectivity index (χ0) is 27.8. The number of allylic oxidation sites excluding steroid dienone is 2. The van der Waals surface area contributed by atoms with E-state index in [2.05, 4.69) is 78.5 Å². The van der Waals surface area contributed by atoms with Crippen LogP contribution in [-0.2, 0) is 0 Å². The van der Waals surface area contributed by atoms with Crippen molar-refractivity contribution in [2.75, 3.05) is 38.0 Å². The number of nitrogens with zero attached hydrogens (tertiary/aromatic N) is 4. The summed E-state index contributed by atoms with van der Waals surface area (Å²) in [5.74, 6) is 0. The highest BCUT2D eigenvalue weighted by Gasteiger charge is 2.32.